The highest BCUT2D eigenvalue weighted by molar-refractivity contribution is 8.12. The first-order chi connectivity index (χ1) is 9.43. The molecule has 0 fully saturated rings. The molecule has 20 heavy (non-hydrogen) atoms. The fraction of sp³-hybridized carbons (Fsp3) is 0.455. The predicted molar refractivity (Wildman–Crippen MR) is 78.8 cm³/mol. The van der Waals surface area contributed by atoms with Crippen LogP contribution in [0.2, 0.25) is 0 Å². The number of azide groups is 1. The molecule has 7 nitrogen and oxygen atoms in total. The minimum Gasteiger partial charge on any atom is -0.344 e. The second-order valence-corrected chi connectivity index (χ2v) is 7.08. The quantitative estimate of drug-likeness (QED) is 0.397. The summed E-state index contributed by atoms with van der Waals surface area (Å²) in [5, 5.41) is 3.64. The Hall–Kier alpha value is -1.41. The van der Waals surface area contributed by atoms with Crippen LogP contribution >= 0.6 is 11.8 Å². The van der Waals surface area contributed by atoms with E-state index in [1.165, 1.54) is 0 Å². The number of benzene rings is 1. The van der Waals surface area contributed by atoms with Gasteiger partial charge in [0.15, 0.2) is 0 Å². The first-order valence-electron chi connectivity index (χ1n) is 6.04. The van der Waals surface area contributed by atoms with Crippen LogP contribution in [0.25, 0.3) is 10.4 Å². The summed E-state index contributed by atoms with van der Waals surface area (Å²) in [5.41, 5.74) is 10.6. The normalized spacial score (nSPS) is 17.8. The Morgan fingerprint density at radius 1 is 1.50 bits per heavy atom. The summed E-state index contributed by atoms with van der Waals surface area (Å²) in [5.74, 6) is 0. The number of fused-ring (bicyclic) bond motifs is 1. The average Bonchev–Trinajstić information content (AvgIpc) is 2.77. The zero-order valence-corrected chi connectivity index (χ0v) is 12.6. The van der Waals surface area contributed by atoms with E-state index in [4.69, 9.17) is 5.53 Å². The minimum absolute atomic E-state index is 0.428. The maximum absolute atomic E-state index is 11.5. The number of rotatable bonds is 4. The monoisotopic (exact) mass is 314 g/mol. The van der Waals surface area contributed by atoms with Crippen LogP contribution in [-0.2, 0) is 16.5 Å². The molecule has 9 heteroatoms. The first kappa shape index (κ1) is 15.0. The third-order valence-electron chi connectivity index (χ3n) is 3.09. The van der Waals surface area contributed by atoms with Crippen molar-refractivity contribution in [2.24, 2.45) is 5.11 Å². The number of hydrogen-bond donors (Lipinski definition) is 1. The van der Waals surface area contributed by atoms with Gasteiger partial charge in [-0.3, -0.25) is 4.55 Å². The van der Waals surface area contributed by atoms with E-state index in [2.05, 4.69) is 10.0 Å². The molecule has 0 aliphatic carbocycles. The van der Waals surface area contributed by atoms with Crippen molar-refractivity contribution in [3.63, 3.8) is 0 Å². The van der Waals surface area contributed by atoms with Gasteiger partial charge >= 0.3 is 0 Å². The molecule has 0 spiro atoms. The molecule has 0 saturated carbocycles. The molecule has 2 rings (SSSR count). The highest BCUT2D eigenvalue weighted by atomic mass is 32.3. The molecule has 1 N–H and O–H groups in total. The van der Waals surface area contributed by atoms with Crippen LogP contribution in [0.4, 0.5) is 11.4 Å². The molecular weight excluding hydrogens is 300 g/mol. The van der Waals surface area contributed by atoms with Gasteiger partial charge in [0.25, 0.3) is 10.1 Å². The summed E-state index contributed by atoms with van der Waals surface area (Å²) in [6, 6.07) is 3.39. The molecular formula is C11H14N4O3S2. The van der Waals surface area contributed by atoms with Crippen molar-refractivity contribution in [3.05, 3.63) is 28.1 Å². The van der Waals surface area contributed by atoms with E-state index in [9.17, 15) is 13.0 Å². The standard InChI is InChI=1S/C11H14N4O3S2/c1-3-7-8(13-14-12)5-6-9-10(7)15(4-2)11(19-9)20(16,17)18/h5-6,11H,3-4H2,1-2H3,(H,16,17,18). The van der Waals surface area contributed by atoms with E-state index in [1.807, 2.05) is 13.8 Å². The second-order valence-electron chi connectivity index (χ2n) is 4.18. The van der Waals surface area contributed by atoms with Crippen molar-refractivity contribution in [1.82, 2.24) is 0 Å². The smallest absolute Gasteiger partial charge is 0.296 e. The summed E-state index contributed by atoms with van der Waals surface area (Å²) >= 11 is 1.09. The van der Waals surface area contributed by atoms with Gasteiger partial charge < -0.3 is 4.90 Å². The molecule has 1 atom stereocenters. The summed E-state index contributed by atoms with van der Waals surface area (Å²) in [4.78, 5) is 5.17. The van der Waals surface area contributed by atoms with Crippen LogP contribution in [0, 0.1) is 0 Å². The Balaban J connectivity index is 2.65. The number of thioether (sulfide) groups is 1. The lowest BCUT2D eigenvalue weighted by molar-refractivity contribution is 0.478. The summed E-state index contributed by atoms with van der Waals surface area (Å²) in [6.45, 7) is 4.15. The van der Waals surface area contributed by atoms with E-state index in [0.717, 1.165) is 27.9 Å². The Bertz CT molecular complexity index is 683. The van der Waals surface area contributed by atoms with Crippen LogP contribution in [0.1, 0.15) is 19.4 Å². The molecule has 0 saturated heterocycles. The van der Waals surface area contributed by atoms with Gasteiger partial charge in [0.05, 0.1) is 5.69 Å². The van der Waals surface area contributed by atoms with Gasteiger partial charge in [-0.25, -0.2) is 0 Å². The average molecular weight is 314 g/mol. The molecule has 0 bridgehead atoms. The van der Waals surface area contributed by atoms with E-state index in [0.29, 0.717) is 18.7 Å². The van der Waals surface area contributed by atoms with Gasteiger partial charge in [-0.1, -0.05) is 29.9 Å². The van der Waals surface area contributed by atoms with Crippen LogP contribution in [0.15, 0.2) is 22.1 Å². The summed E-state index contributed by atoms with van der Waals surface area (Å²) < 4.78 is 31.3. The maximum atomic E-state index is 11.5. The lowest BCUT2D eigenvalue weighted by atomic mass is 10.1. The van der Waals surface area contributed by atoms with E-state index in [1.54, 1.807) is 17.0 Å². The predicted octanol–water partition coefficient (Wildman–Crippen LogP) is 3.29. The van der Waals surface area contributed by atoms with Gasteiger partial charge in [-0.15, -0.1) is 0 Å². The highest BCUT2D eigenvalue weighted by Crippen LogP contribution is 2.49. The van der Waals surface area contributed by atoms with Crippen molar-refractivity contribution in [2.45, 2.75) is 29.9 Å². The van der Waals surface area contributed by atoms with E-state index < -0.39 is 14.8 Å². The van der Waals surface area contributed by atoms with Gasteiger partial charge in [0.2, 0.25) is 4.71 Å². The van der Waals surface area contributed by atoms with Crippen molar-refractivity contribution in [3.8, 4) is 0 Å². The van der Waals surface area contributed by atoms with Crippen molar-refractivity contribution in [2.75, 3.05) is 11.4 Å². The molecule has 1 unspecified atom stereocenters. The second kappa shape index (κ2) is 5.53. The third kappa shape index (κ3) is 2.45. The molecule has 0 radical (unpaired) electrons. The highest BCUT2D eigenvalue weighted by Gasteiger charge is 2.39. The van der Waals surface area contributed by atoms with Gasteiger partial charge in [0.1, 0.15) is 0 Å². The molecule has 1 heterocycles. The van der Waals surface area contributed by atoms with Crippen LogP contribution in [0.3, 0.4) is 0 Å². The fourth-order valence-corrected chi connectivity index (χ4v) is 4.78. The SMILES string of the molecule is CCc1c(N=[N+]=[N-])ccc2c1N(CC)C(S(=O)(=O)O)S2. The Morgan fingerprint density at radius 2 is 2.20 bits per heavy atom. The molecule has 108 valence electrons. The molecule has 0 aromatic heterocycles. The first-order valence-corrected chi connectivity index (χ1v) is 8.42. The lowest BCUT2D eigenvalue weighted by Crippen LogP contribution is -2.35. The zero-order valence-electron chi connectivity index (χ0n) is 11.0. The van der Waals surface area contributed by atoms with Gasteiger partial charge in [-0.05, 0) is 30.5 Å². The van der Waals surface area contributed by atoms with Crippen LogP contribution in [0.5, 0.6) is 0 Å². The van der Waals surface area contributed by atoms with Gasteiger partial charge in [0, 0.05) is 22.0 Å². The lowest BCUT2D eigenvalue weighted by Gasteiger charge is -2.24. The summed E-state index contributed by atoms with van der Waals surface area (Å²) in [6.07, 6.45) is 0.604. The van der Waals surface area contributed by atoms with Gasteiger partial charge in [-0.2, -0.15) is 8.42 Å². The van der Waals surface area contributed by atoms with E-state index in [-0.39, 0.29) is 0 Å². The Kier molecular flexibility index (Phi) is 4.14. The molecule has 1 aromatic rings. The fourth-order valence-electron chi connectivity index (χ4n) is 2.31. The largest absolute Gasteiger partial charge is 0.344 e. The van der Waals surface area contributed by atoms with Crippen molar-refractivity contribution in [1.29, 1.82) is 0 Å². The van der Waals surface area contributed by atoms with Crippen LogP contribution < -0.4 is 4.90 Å². The number of anilines is 1. The number of hydrogen-bond acceptors (Lipinski definition) is 5. The third-order valence-corrected chi connectivity index (χ3v) is 5.91. The molecule has 0 amide bonds. The molecule has 1 aliphatic heterocycles. The van der Waals surface area contributed by atoms with Crippen molar-refractivity contribution < 1.29 is 13.0 Å². The topological polar surface area (TPSA) is 106 Å². The Labute approximate surface area is 121 Å². The van der Waals surface area contributed by atoms with Crippen LogP contribution in [-0.4, -0.2) is 24.2 Å². The zero-order chi connectivity index (χ0) is 14.9. The molecule has 1 aromatic carbocycles. The van der Waals surface area contributed by atoms with Crippen molar-refractivity contribution >= 4 is 33.3 Å². The Morgan fingerprint density at radius 3 is 2.70 bits per heavy atom. The summed E-state index contributed by atoms with van der Waals surface area (Å²) in [7, 11) is -4.20. The van der Waals surface area contributed by atoms with E-state index >= 15 is 0 Å². The minimum atomic E-state index is -4.20. The molecule has 1 aliphatic rings. The number of nitrogens with zero attached hydrogens (tertiary/aromatic N) is 4. The maximum Gasteiger partial charge on any atom is 0.296 e.